The minimum absolute atomic E-state index is 0.0841. The van der Waals surface area contributed by atoms with Crippen molar-refractivity contribution in [1.82, 2.24) is 0 Å². The van der Waals surface area contributed by atoms with Crippen LogP contribution >= 0.6 is 0 Å². The Morgan fingerprint density at radius 3 is 2.40 bits per heavy atom. The van der Waals surface area contributed by atoms with Gasteiger partial charge in [-0.25, -0.2) is 0 Å². The molecule has 108 valence electrons. The smallest absolute Gasteiger partial charge is 0.149 e. The summed E-state index contributed by atoms with van der Waals surface area (Å²) in [5, 5.41) is 11.4. The summed E-state index contributed by atoms with van der Waals surface area (Å²) in [4.78, 5) is 11.5. The third-order valence-electron chi connectivity index (χ3n) is 3.11. The van der Waals surface area contributed by atoms with Crippen LogP contribution in [0.3, 0.4) is 0 Å². The molecule has 0 aliphatic heterocycles. The lowest BCUT2D eigenvalue weighted by molar-refractivity contribution is -0.119. The van der Waals surface area contributed by atoms with Crippen LogP contribution in [0.2, 0.25) is 0 Å². The van der Waals surface area contributed by atoms with E-state index < -0.39 is 6.04 Å². The van der Waals surface area contributed by atoms with E-state index in [4.69, 9.17) is 5.73 Å². The average molecular weight is 273 g/mol. The third kappa shape index (κ3) is 4.07. The number of fused-ring (bicyclic) bond motifs is 1. The molecular weight excluding hydrogens is 250 g/mol. The highest BCUT2D eigenvalue weighted by molar-refractivity contribution is 5.86. The van der Waals surface area contributed by atoms with Crippen molar-refractivity contribution in [3.05, 3.63) is 42.0 Å². The number of nitrogens with two attached hydrogens (primary N) is 1. The predicted molar refractivity (Wildman–Crippen MR) is 83.9 cm³/mol. The second-order valence-electron chi connectivity index (χ2n) is 4.50. The van der Waals surface area contributed by atoms with Gasteiger partial charge in [0.2, 0.25) is 0 Å². The Morgan fingerprint density at radius 2 is 1.75 bits per heavy atom. The van der Waals surface area contributed by atoms with Crippen LogP contribution in [0.1, 0.15) is 32.8 Å². The molecule has 1 unspecified atom stereocenters. The Balaban J connectivity index is 0.000000956. The van der Waals surface area contributed by atoms with Gasteiger partial charge in [0.1, 0.15) is 11.5 Å². The van der Waals surface area contributed by atoms with E-state index in [1.54, 1.807) is 12.1 Å². The normalized spacial score (nSPS) is 11.6. The highest BCUT2D eigenvalue weighted by Gasteiger charge is 2.11. The molecule has 0 amide bonds. The molecule has 0 aliphatic rings. The van der Waals surface area contributed by atoms with Crippen molar-refractivity contribution in [1.29, 1.82) is 0 Å². The Kier molecular flexibility index (Phi) is 6.19. The number of benzene rings is 2. The van der Waals surface area contributed by atoms with Gasteiger partial charge >= 0.3 is 0 Å². The number of carbonyl (C=O) groups is 1. The molecule has 0 radical (unpaired) electrons. The zero-order chi connectivity index (χ0) is 15.1. The lowest BCUT2D eigenvalue weighted by Crippen LogP contribution is -2.32. The van der Waals surface area contributed by atoms with Crippen molar-refractivity contribution in [2.45, 2.75) is 39.7 Å². The highest BCUT2D eigenvalue weighted by atomic mass is 16.3. The van der Waals surface area contributed by atoms with Gasteiger partial charge in [0, 0.05) is 6.42 Å². The van der Waals surface area contributed by atoms with E-state index >= 15 is 0 Å². The molecule has 0 aromatic heterocycles. The fraction of sp³-hybridized carbons (Fsp3) is 0.353. The lowest BCUT2D eigenvalue weighted by Gasteiger charge is -2.10. The molecule has 3 heteroatoms. The Hall–Kier alpha value is -1.87. The van der Waals surface area contributed by atoms with Gasteiger partial charge in [-0.1, -0.05) is 45.0 Å². The summed E-state index contributed by atoms with van der Waals surface area (Å²) in [6.45, 7) is 5.82. The summed E-state index contributed by atoms with van der Waals surface area (Å²) >= 11 is 0. The Labute approximate surface area is 120 Å². The van der Waals surface area contributed by atoms with E-state index in [1.807, 2.05) is 45.0 Å². The van der Waals surface area contributed by atoms with Gasteiger partial charge in [-0.05, 0) is 34.9 Å². The topological polar surface area (TPSA) is 63.3 Å². The number of phenolic OH excluding ortho intramolecular Hbond substituents is 1. The van der Waals surface area contributed by atoms with Crippen LogP contribution in [0.15, 0.2) is 36.4 Å². The minimum Gasteiger partial charge on any atom is -0.508 e. The molecule has 2 aromatic rings. The van der Waals surface area contributed by atoms with Crippen LogP contribution in [0, 0.1) is 0 Å². The van der Waals surface area contributed by atoms with Gasteiger partial charge in [0.05, 0.1) is 6.04 Å². The van der Waals surface area contributed by atoms with Gasteiger partial charge < -0.3 is 10.8 Å². The molecule has 3 N–H and O–H groups in total. The maximum absolute atomic E-state index is 11.5. The number of ketones is 1. The van der Waals surface area contributed by atoms with Crippen molar-refractivity contribution in [2.75, 3.05) is 0 Å². The molecule has 0 spiro atoms. The van der Waals surface area contributed by atoms with E-state index in [0.717, 1.165) is 16.3 Å². The molecule has 0 heterocycles. The summed E-state index contributed by atoms with van der Waals surface area (Å²) in [5.74, 6) is 0.342. The van der Waals surface area contributed by atoms with Gasteiger partial charge in [0.15, 0.2) is 0 Å². The van der Waals surface area contributed by atoms with Crippen LogP contribution in [0.25, 0.3) is 10.8 Å². The van der Waals surface area contributed by atoms with Crippen molar-refractivity contribution in [2.24, 2.45) is 5.73 Å². The molecule has 1 atom stereocenters. The molecule has 2 rings (SSSR count). The van der Waals surface area contributed by atoms with Gasteiger partial charge in [-0.3, -0.25) is 4.79 Å². The quantitative estimate of drug-likeness (QED) is 0.897. The second-order valence-corrected chi connectivity index (χ2v) is 4.50. The first-order valence-corrected chi connectivity index (χ1v) is 7.10. The van der Waals surface area contributed by atoms with Crippen molar-refractivity contribution < 1.29 is 9.90 Å². The van der Waals surface area contributed by atoms with E-state index in [9.17, 15) is 9.90 Å². The standard InChI is InChI=1S/C15H17NO2.C2H6/c1-2-15(18)14(16)8-10-3-4-12-9-13(17)6-5-11(12)7-10;1-2/h3-7,9,14,17H,2,8,16H2,1H3;1-2H3. The van der Waals surface area contributed by atoms with Crippen LogP contribution in [0.4, 0.5) is 0 Å². The summed E-state index contributed by atoms with van der Waals surface area (Å²) in [5.41, 5.74) is 6.88. The summed E-state index contributed by atoms with van der Waals surface area (Å²) in [7, 11) is 0. The Morgan fingerprint density at radius 1 is 1.15 bits per heavy atom. The molecule has 0 fully saturated rings. The first kappa shape index (κ1) is 16.2. The van der Waals surface area contributed by atoms with Crippen LogP contribution < -0.4 is 5.73 Å². The molecule has 0 saturated carbocycles. The number of aromatic hydroxyl groups is 1. The predicted octanol–water partition coefficient (Wildman–Crippen LogP) is 3.42. The third-order valence-corrected chi connectivity index (χ3v) is 3.11. The molecular formula is C17H23NO2. The van der Waals surface area contributed by atoms with Crippen molar-refractivity contribution in [3.63, 3.8) is 0 Å². The SMILES string of the molecule is CC.CCC(=O)C(N)Cc1ccc2cc(O)ccc2c1. The van der Waals surface area contributed by atoms with E-state index in [0.29, 0.717) is 12.8 Å². The molecule has 0 aliphatic carbocycles. The number of phenols is 1. The first-order chi connectivity index (χ1) is 9.60. The zero-order valence-corrected chi connectivity index (χ0v) is 12.4. The number of hydrogen-bond acceptors (Lipinski definition) is 3. The summed E-state index contributed by atoms with van der Waals surface area (Å²) in [6, 6.07) is 10.7. The van der Waals surface area contributed by atoms with E-state index in [2.05, 4.69) is 0 Å². The summed E-state index contributed by atoms with van der Waals surface area (Å²) in [6.07, 6.45) is 1.03. The zero-order valence-electron chi connectivity index (χ0n) is 12.4. The fourth-order valence-electron chi connectivity index (χ4n) is 2.04. The van der Waals surface area contributed by atoms with Gasteiger partial charge in [-0.15, -0.1) is 0 Å². The highest BCUT2D eigenvalue weighted by Crippen LogP contribution is 2.21. The largest absolute Gasteiger partial charge is 0.508 e. The van der Waals surface area contributed by atoms with Gasteiger partial charge in [0.25, 0.3) is 0 Å². The molecule has 0 saturated heterocycles. The molecule has 20 heavy (non-hydrogen) atoms. The van der Waals surface area contributed by atoms with Crippen molar-refractivity contribution >= 4 is 16.6 Å². The van der Waals surface area contributed by atoms with Gasteiger partial charge in [-0.2, -0.15) is 0 Å². The second kappa shape index (κ2) is 7.65. The minimum atomic E-state index is -0.426. The van der Waals surface area contributed by atoms with Crippen molar-refractivity contribution in [3.8, 4) is 5.75 Å². The number of hydrogen-bond donors (Lipinski definition) is 2. The maximum atomic E-state index is 11.5. The maximum Gasteiger partial charge on any atom is 0.149 e. The van der Waals surface area contributed by atoms with E-state index in [-0.39, 0.29) is 11.5 Å². The lowest BCUT2D eigenvalue weighted by atomic mass is 9.99. The monoisotopic (exact) mass is 273 g/mol. The average Bonchev–Trinajstić information content (AvgIpc) is 2.48. The number of carbonyl (C=O) groups excluding carboxylic acids is 1. The molecule has 0 bridgehead atoms. The fourth-order valence-corrected chi connectivity index (χ4v) is 2.04. The van der Waals surface area contributed by atoms with Crippen LogP contribution in [-0.2, 0) is 11.2 Å². The van der Waals surface area contributed by atoms with Crippen LogP contribution in [-0.4, -0.2) is 16.9 Å². The Bertz CT molecular complexity index is 578. The molecule has 2 aromatic carbocycles. The first-order valence-electron chi connectivity index (χ1n) is 7.10. The molecule has 3 nitrogen and oxygen atoms in total. The van der Waals surface area contributed by atoms with Crippen LogP contribution in [0.5, 0.6) is 5.75 Å². The van der Waals surface area contributed by atoms with E-state index in [1.165, 1.54) is 0 Å². The summed E-state index contributed by atoms with van der Waals surface area (Å²) < 4.78 is 0. The number of Topliss-reactive ketones (excluding diaryl/α,β-unsaturated/α-hetero) is 1. The number of rotatable bonds is 4.